The Kier molecular flexibility index (Phi) is 6.70. The van der Waals surface area contributed by atoms with Crippen LogP contribution in [0.15, 0.2) is 41.5 Å². The summed E-state index contributed by atoms with van der Waals surface area (Å²) in [5.41, 5.74) is 2.26. The van der Waals surface area contributed by atoms with E-state index >= 15 is 0 Å². The maximum Gasteiger partial charge on any atom is 0.193 e. The molecule has 1 aliphatic rings. The van der Waals surface area contributed by atoms with Crippen molar-refractivity contribution >= 4 is 5.96 Å². The number of hydrogen-bond acceptors (Lipinski definition) is 4. The summed E-state index contributed by atoms with van der Waals surface area (Å²) in [4.78, 5) is 16.8. The van der Waals surface area contributed by atoms with Gasteiger partial charge in [0.15, 0.2) is 5.96 Å². The molecule has 152 valence electrons. The Bertz CT molecular complexity index is 764. The molecule has 1 aromatic carbocycles. The molecular weight excluding hydrogens is 352 g/mol. The van der Waals surface area contributed by atoms with Gasteiger partial charge in [-0.2, -0.15) is 0 Å². The monoisotopic (exact) mass is 384 g/mol. The highest BCUT2D eigenvalue weighted by molar-refractivity contribution is 5.79. The number of ether oxygens (including phenoxy) is 1. The van der Waals surface area contributed by atoms with Gasteiger partial charge in [-0.05, 0) is 32.5 Å². The summed E-state index contributed by atoms with van der Waals surface area (Å²) in [5.74, 6) is 1.78. The summed E-state index contributed by atoms with van der Waals surface area (Å²) in [5, 5.41) is 3.56. The van der Waals surface area contributed by atoms with E-state index in [1.54, 1.807) is 0 Å². The van der Waals surface area contributed by atoms with Crippen molar-refractivity contribution in [2.75, 3.05) is 47.9 Å². The molecule has 0 atom stereocenters. The van der Waals surface area contributed by atoms with E-state index in [2.05, 4.69) is 56.3 Å². The number of aromatic amines is 1. The van der Waals surface area contributed by atoms with E-state index in [1.807, 2.05) is 38.5 Å². The van der Waals surface area contributed by atoms with Gasteiger partial charge in [0.25, 0.3) is 0 Å². The van der Waals surface area contributed by atoms with Crippen LogP contribution in [0.3, 0.4) is 0 Å². The van der Waals surface area contributed by atoms with Crippen molar-refractivity contribution in [3.05, 3.63) is 42.4 Å². The van der Waals surface area contributed by atoms with Crippen LogP contribution in [0.4, 0.5) is 0 Å². The minimum Gasteiger partial charge on any atom is -0.381 e. The minimum absolute atomic E-state index is 0.0974. The van der Waals surface area contributed by atoms with Gasteiger partial charge < -0.3 is 24.8 Å². The minimum atomic E-state index is 0.0974. The predicted octanol–water partition coefficient (Wildman–Crippen LogP) is 2.19. The Labute approximate surface area is 167 Å². The van der Waals surface area contributed by atoms with E-state index in [0.717, 1.165) is 55.6 Å². The van der Waals surface area contributed by atoms with Crippen LogP contribution in [0.1, 0.15) is 18.7 Å². The van der Waals surface area contributed by atoms with Crippen molar-refractivity contribution in [1.29, 1.82) is 0 Å². The first-order valence-corrected chi connectivity index (χ1v) is 9.80. The van der Waals surface area contributed by atoms with Crippen LogP contribution in [-0.4, -0.2) is 79.2 Å². The van der Waals surface area contributed by atoms with Crippen LogP contribution in [0, 0.1) is 0 Å². The van der Waals surface area contributed by atoms with E-state index in [9.17, 15) is 0 Å². The van der Waals surface area contributed by atoms with Crippen molar-refractivity contribution < 1.29 is 4.74 Å². The Morgan fingerprint density at radius 2 is 1.93 bits per heavy atom. The molecule has 7 heteroatoms. The summed E-state index contributed by atoms with van der Waals surface area (Å²) in [6.45, 7) is 3.12. The van der Waals surface area contributed by atoms with Crippen LogP contribution in [0.5, 0.6) is 0 Å². The fourth-order valence-corrected chi connectivity index (χ4v) is 3.67. The number of hydrogen-bond donors (Lipinski definition) is 2. The second kappa shape index (κ2) is 9.21. The molecule has 1 saturated heterocycles. The summed E-state index contributed by atoms with van der Waals surface area (Å²) in [6.07, 6.45) is 3.93. The highest BCUT2D eigenvalue weighted by atomic mass is 16.5. The van der Waals surface area contributed by atoms with Gasteiger partial charge in [-0.15, -0.1) is 0 Å². The molecule has 2 N–H and O–H groups in total. The van der Waals surface area contributed by atoms with Crippen LogP contribution in [-0.2, 0) is 11.3 Å². The highest BCUT2D eigenvalue weighted by Crippen LogP contribution is 2.25. The quantitative estimate of drug-likeness (QED) is 0.590. The fourth-order valence-electron chi connectivity index (χ4n) is 3.67. The molecule has 0 unspecified atom stereocenters. The lowest BCUT2D eigenvalue weighted by atomic mass is 9.88. The average Bonchev–Trinajstić information content (AvgIpc) is 3.18. The molecule has 7 nitrogen and oxygen atoms in total. The van der Waals surface area contributed by atoms with E-state index < -0.39 is 0 Å². The predicted molar refractivity (Wildman–Crippen MR) is 113 cm³/mol. The Morgan fingerprint density at radius 1 is 1.21 bits per heavy atom. The molecule has 2 aromatic rings. The molecule has 0 amide bonds. The van der Waals surface area contributed by atoms with Gasteiger partial charge in [-0.1, -0.05) is 30.3 Å². The second-order valence-electron chi connectivity index (χ2n) is 7.60. The summed E-state index contributed by atoms with van der Waals surface area (Å²) in [7, 11) is 8.15. The maximum absolute atomic E-state index is 5.57. The number of aliphatic imine (C=N–C) groups is 1. The topological polar surface area (TPSA) is 68.8 Å². The maximum atomic E-state index is 5.57. The van der Waals surface area contributed by atoms with Gasteiger partial charge in [0.05, 0.1) is 18.4 Å². The van der Waals surface area contributed by atoms with Gasteiger partial charge in [0.1, 0.15) is 5.82 Å². The van der Waals surface area contributed by atoms with Crippen molar-refractivity contribution in [3.8, 4) is 11.3 Å². The normalized spacial score (nSPS) is 17.0. The zero-order valence-electron chi connectivity index (χ0n) is 17.4. The lowest BCUT2D eigenvalue weighted by Gasteiger charge is -2.43. The number of imidazole rings is 1. The standard InChI is InChI=1S/C21H32N6O/c1-22-20(24-16-21(26(2)3)10-12-28-13-11-21)27(4)15-19-23-14-18(25-19)17-8-6-5-7-9-17/h5-9,14H,10-13,15-16H2,1-4H3,(H,22,24)(H,23,25). The third-order valence-corrected chi connectivity index (χ3v) is 5.62. The summed E-state index contributed by atoms with van der Waals surface area (Å²) < 4.78 is 5.57. The molecule has 0 bridgehead atoms. The molecule has 1 aromatic heterocycles. The van der Waals surface area contributed by atoms with Gasteiger partial charge in [0, 0.05) is 39.4 Å². The van der Waals surface area contributed by atoms with Gasteiger partial charge in [-0.25, -0.2) is 4.98 Å². The Balaban J connectivity index is 1.61. The number of guanidine groups is 1. The lowest BCUT2D eigenvalue weighted by molar-refractivity contribution is -0.00522. The molecule has 2 heterocycles. The third-order valence-electron chi connectivity index (χ3n) is 5.62. The van der Waals surface area contributed by atoms with Crippen LogP contribution < -0.4 is 5.32 Å². The Hall–Kier alpha value is -2.38. The van der Waals surface area contributed by atoms with Crippen molar-refractivity contribution in [3.63, 3.8) is 0 Å². The Morgan fingerprint density at radius 3 is 2.57 bits per heavy atom. The first-order chi connectivity index (χ1) is 13.5. The van der Waals surface area contributed by atoms with E-state index in [-0.39, 0.29) is 5.54 Å². The smallest absolute Gasteiger partial charge is 0.193 e. The van der Waals surface area contributed by atoms with Crippen molar-refractivity contribution in [2.24, 2.45) is 4.99 Å². The van der Waals surface area contributed by atoms with Gasteiger partial charge in [0.2, 0.25) is 0 Å². The first kappa shape index (κ1) is 20.4. The number of nitrogens with zero attached hydrogens (tertiary/aromatic N) is 4. The fraction of sp³-hybridized carbons (Fsp3) is 0.524. The number of nitrogens with one attached hydrogen (secondary N) is 2. The number of rotatable bonds is 6. The molecule has 1 aliphatic heterocycles. The second-order valence-corrected chi connectivity index (χ2v) is 7.60. The molecule has 28 heavy (non-hydrogen) atoms. The van der Waals surface area contributed by atoms with E-state index in [1.165, 1.54) is 0 Å². The summed E-state index contributed by atoms with van der Waals surface area (Å²) >= 11 is 0. The molecular formula is C21H32N6O. The van der Waals surface area contributed by atoms with E-state index in [4.69, 9.17) is 4.74 Å². The lowest BCUT2D eigenvalue weighted by Crippen LogP contribution is -2.57. The zero-order valence-corrected chi connectivity index (χ0v) is 17.4. The van der Waals surface area contributed by atoms with Crippen LogP contribution in [0.2, 0.25) is 0 Å². The molecule has 0 saturated carbocycles. The zero-order chi connectivity index (χ0) is 20.0. The molecule has 0 aliphatic carbocycles. The highest BCUT2D eigenvalue weighted by Gasteiger charge is 2.35. The number of likely N-dealkylation sites (N-methyl/N-ethyl adjacent to an activating group) is 1. The summed E-state index contributed by atoms with van der Waals surface area (Å²) in [6, 6.07) is 10.2. The van der Waals surface area contributed by atoms with Gasteiger partial charge in [-0.3, -0.25) is 4.99 Å². The molecule has 0 spiro atoms. The van der Waals surface area contributed by atoms with Crippen molar-refractivity contribution in [2.45, 2.75) is 24.9 Å². The van der Waals surface area contributed by atoms with Crippen LogP contribution >= 0.6 is 0 Å². The molecule has 0 radical (unpaired) electrons. The first-order valence-electron chi connectivity index (χ1n) is 9.80. The molecule has 3 rings (SSSR count). The third kappa shape index (κ3) is 4.72. The van der Waals surface area contributed by atoms with Gasteiger partial charge >= 0.3 is 0 Å². The van der Waals surface area contributed by atoms with Crippen molar-refractivity contribution in [1.82, 2.24) is 25.1 Å². The average molecular weight is 385 g/mol. The van der Waals surface area contributed by atoms with E-state index in [0.29, 0.717) is 6.54 Å². The van der Waals surface area contributed by atoms with Crippen LogP contribution in [0.25, 0.3) is 11.3 Å². The number of aromatic nitrogens is 2. The largest absolute Gasteiger partial charge is 0.381 e. The molecule has 1 fully saturated rings. The SMILES string of the molecule is CN=C(NCC1(N(C)C)CCOCC1)N(C)Cc1ncc(-c2ccccc2)[nH]1. The number of benzene rings is 1. The number of H-pyrrole nitrogens is 1.